The van der Waals surface area contributed by atoms with Crippen LogP contribution in [0.25, 0.3) is 0 Å². The van der Waals surface area contributed by atoms with E-state index in [4.69, 9.17) is 0 Å². The van der Waals surface area contributed by atoms with E-state index in [-0.39, 0.29) is 39.0 Å². The van der Waals surface area contributed by atoms with Crippen molar-refractivity contribution in [3.8, 4) is 0 Å². The standard InChI is InChI=1S/CH4Cl2O6P2.2Zn/c2-1(3,10(4,5)6)11(7,8)9;;/h(H2,4,5,6)(H2,7,8,9);;/q;2*+2/p-4. The zero-order valence-corrected chi connectivity index (χ0v) is 15.2. The first-order chi connectivity index (χ1) is 4.50. The Kier molecular flexibility index (Phi) is 9.49. The van der Waals surface area contributed by atoms with Crippen LogP contribution in [0.15, 0.2) is 0 Å². The van der Waals surface area contributed by atoms with Crippen LogP contribution in [0.3, 0.4) is 0 Å². The van der Waals surface area contributed by atoms with Gasteiger partial charge in [-0.1, -0.05) is 23.2 Å². The van der Waals surface area contributed by atoms with Gasteiger partial charge in [0.1, 0.15) is 0 Å². The van der Waals surface area contributed by atoms with Crippen molar-refractivity contribution in [3.05, 3.63) is 0 Å². The van der Waals surface area contributed by atoms with Gasteiger partial charge in [-0.2, -0.15) is 0 Å². The summed E-state index contributed by atoms with van der Waals surface area (Å²) in [6.45, 7) is 0. The first-order valence-corrected chi connectivity index (χ1v) is 5.76. The molecule has 12 heteroatoms. The Morgan fingerprint density at radius 2 is 1.00 bits per heavy atom. The van der Waals surface area contributed by atoms with E-state index in [1.165, 1.54) is 0 Å². The average molecular weight is 372 g/mol. The van der Waals surface area contributed by atoms with E-state index < -0.39 is 19.0 Å². The quantitative estimate of drug-likeness (QED) is 0.311. The van der Waals surface area contributed by atoms with E-state index in [0.717, 1.165) is 0 Å². The van der Waals surface area contributed by atoms with Crippen molar-refractivity contribution in [2.45, 2.75) is 3.82 Å². The zero-order chi connectivity index (χ0) is 9.50. The Hall–Kier alpha value is 2.13. The van der Waals surface area contributed by atoms with Gasteiger partial charge in [0.05, 0.1) is 0 Å². The fraction of sp³-hybridized carbons (Fsp3) is 1.00. The van der Waals surface area contributed by atoms with Crippen LogP contribution in [-0.2, 0) is 48.1 Å². The molecule has 0 N–H and O–H groups in total. The molecule has 0 aromatic rings. The van der Waals surface area contributed by atoms with Crippen LogP contribution in [-0.4, -0.2) is 3.82 Å². The third-order valence-electron chi connectivity index (χ3n) is 0.659. The molecule has 0 radical (unpaired) electrons. The van der Waals surface area contributed by atoms with Crippen molar-refractivity contribution in [2.24, 2.45) is 0 Å². The van der Waals surface area contributed by atoms with E-state index in [0.29, 0.717) is 0 Å². The number of hydrogen-bond acceptors (Lipinski definition) is 6. The summed E-state index contributed by atoms with van der Waals surface area (Å²) in [5.74, 6) is 0. The SMILES string of the molecule is O=P([O-])([O-])C(Cl)(Cl)P(=O)([O-])[O-].[Zn+2].[Zn+2]. The number of hydrogen-bond donors (Lipinski definition) is 0. The molecule has 68 valence electrons. The van der Waals surface area contributed by atoms with Crippen molar-refractivity contribution in [1.82, 2.24) is 0 Å². The summed E-state index contributed by atoms with van der Waals surface area (Å²) in [7, 11) is -11.7. The Morgan fingerprint density at radius 3 is 1.00 bits per heavy atom. The summed E-state index contributed by atoms with van der Waals surface area (Å²) in [6, 6.07) is 0. The summed E-state index contributed by atoms with van der Waals surface area (Å²) in [5.41, 5.74) is 0. The van der Waals surface area contributed by atoms with Gasteiger partial charge in [0.25, 0.3) is 0 Å². The van der Waals surface area contributed by atoms with Crippen LogP contribution in [0, 0.1) is 0 Å². The third kappa shape index (κ3) is 5.13. The number of alkyl halides is 2. The van der Waals surface area contributed by atoms with Crippen LogP contribution < -0.4 is 19.6 Å². The van der Waals surface area contributed by atoms with Gasteiger partial charge in [-0.15, -0.1) is 0 Å². The van der Waals surface area contributed by atoms with Crippen LogP contribution in [0.1, 0.15) is 0 Å². The van der Waals surface area contributed by atoms with Gasteiger partial charge >= 0.3 is 39.0 Å². The normalized spacial score (nSPS) is 12.8. The Balaban J connectivity index is -0.000000500. The zero-order valence-electron chi connectivity index (χ0n) is 6.01. The molecule has 0 aromatic carbocycles. The van der Waals surface area contributed by atoms with Crippen molar-refractivity contribution >= 4 is 38.4 Å². The predicted molar refractivity (Wildman–Crippen MR) is 29.7 cm³/mol. The molecule has 0 amide bonds. The molecule has 0 spiro atoms. The van der Waals surface area contributed by atoms with E-state index in [2.05, 4.69) is 23.2 Å². The molecule has 0 saturated carbocycles. The van der Waals surface area contributed by atoms with Gasteiger partial charge in [-0.25, -0.2) is 0 Å². The van der Waals surface area contributed by atoms with Crippen molar-refractivity contribution in [2.75, 3.05) is 0 Å². The fourth-order valence-corrected chi connectivity index (χ4v) is 1.35. The molecule has 0 aliphatic rings. The minimum atomic E-state index is -5.85. The number of halogens is 2. The molecular weight excluding hydrogens is 372 g/mol. The van der Waals surface area contributed by atoms with Gasteiger partial charge in [0, 0.05) is 0 Å². The predicted octanol–water partition coefficient (Wildman–Crippen LogP) is -2.10. The first-order valence-electron chi connectivity index (χ1n) is 1.92. The molecule has 0 bridgehead atoms. The second-order valence-electron chi connectivity index (χ2n) is 1.50. The number of rotatable bonds is 2. The molecule has 0 heterocycles. The monoisotopic (exact) mass is 368 g/mol. The Bertz CT molecular complexity index is 219. The van der Waals surface area contributed by atoms with Crippen molar-refractivity contribution in [3.63, 3.8) is 0 Å². The molecule has 0 aliphatic carbocycles. The van der Waals surface area contributed by atoms with E-state index >= 15 is 0 Å². The minimum Gasteiger partial charge on any atom is -0.808 e. The molecule has 0 fully saturated rings. The third-order valence-corrected chi connectivity index (χ3v) is 5.93. The Labute approximate surface area is 109 Å². The van der Waals surface area contributed by atoms with Crippen molar-refractivity contribution in [1.29, 1.82) is 0 Å². The molecule has 0 saturated heterocycles. The molecule has 0 aliphatic heterocycles. The van der Waals surface area contributed by atoms with Crippen molar-refractivity contribution < 1.29 is 67.7 Å². The summed E-state index contributed by atoms with van der Waals surface area (Å²) in [6.07, 6.45) is 0. The van der Waals surface area contributed by atoms with Crippen LogP contribution in [0.2, 0.25) is 0 Å². The van der Waals surface area contributed by atoms with Gasteiger partial charge in [-0.3, -0.25) is 0 Å². The van der Waals surface area contributed by atoms with Crippen LogP contribution in [0.5, 0.6) is 0 Å². The smallest absolute Gasteiger partial charge is 0.808 e. The average Bonchev–Trinajstić information content (AvgIpc) is 1.58. The fourth-order valence-electron chi connectivity index (χ4n) is 0.150. The molecule has 0 aromatic heterocycles. The molecule has 0 unspecified atom stereocenters. The first kappa shape index (κ1) is 20.5. The van der Waals surface area contributed by atoms with Gasteiger partial charge in [-0.05, 0) is 15.2 Å². The maximum Gasteiger partial charge on any atom is 2.00 e. The molecular formula is CCl2O6P2Zn2. The van der Waals surface area contributed by atoms with Gasteiger partial charge in [0.2, 0.25) is 0 Å². The maximum atomic E-state index is 9.94. The van der Waals surface area contributed by atoms with Gasteiger partial charge < -0.3 is 28.7 Å². The second kappa shape index (κ2) is 6.01. The van der Waals surface area contributed by atoms with Crippen LogP contribution >= 0.6 is 38.4 Å². The van der Waals surface area contributed by atoms with E-state index in [1.807, 2.05) is 0 Å². The second-order valence-corrected chi connectivity index (χ2v) is 7.57. The minimum absolute atomic E-state index is 0. The van der Waals surface area contributed by atoms with E-state index in [9.17, 15) is 28.7 Å². The van der Waals surface area contributed by atoms with Gasteiger partial charge in [0.15, 0.2) is 3.82 Å². The maximum absolute atomic E-state index is 9.94. The van der Waals surface area contributed by atoms with Crippen LogP contribution in [0.4, 0.5) is 0 Å². The van der Waals surface area contributed by atoms with E-state index in [1.54, 1.807) is 0 Å². The summed E-state index contributed by atoms with van der Waals surface area (Å²) < 4.78 is 16.1. The summed E-state index contributed by atoms with van der Waals surface area (Å²) in [5, 5.41) is 0. The molecule has 0 atom stereocenters. The topological polar surface area (TPSA) is 126 Å². The molecule has 13 heavy (non-hydrogen) atoms. The molecule has 0 rings (SSSR count). The summed E-state index contributed by atoms with van der Waals surface area (Å²) >= 11 is 8.96. The molecule has 6 nitrogen and oxygen atoms in total. The summed E-state index contributed by atoms with van der Waals surface area (Å²) in [4.78, 5) is 39.7. The Morgan fingerprint density at radius 1 is 0.846 bits per heavy atom. The largest absolute Gasteiger partial charge is 2.00 e.